The summed E-state index contributed by atoms with van der Waals surface area (Å²) in [6, 6.07) is 6.28. The van der Waals surface area contributed by atoms with E-state index in [1.165, 1.54) is 5.56 Å². The second-order valence-electron chi connectivity index (χ2n) is 4.61. The fourth-order valence-corrected chi connectivity index (χ4v) is 2.87. The first-order chi connectivity index (χ1) is 8.71. The second kappa shape index (κ2) is 6.55. The number of nitrogens with zero attached hydrogens (tertiary/aromatic N) is 1. The van der Waals surface area contributed by atoms with Gasteiger partial charge in [0.15, 0.2) is 0 Å². The van der Waals surface area contributed by atoms with Gasteiger partial charge in [0.05, 0.1) is 12.7 Å². The van der Waals surface area contributed by atoms with Crippen molar-refractivity contribution >= 4 is 15.9 Å². The Bertz CT molecular complexity index is 397. The second-order valence-corrected chi connectivity index (χ2v) is 5.53. The number of hydrogen-bond acceptors (Lipinski definition) is 3. The summed E-state index contributed by atoms with van der Waals surface area (Å²) < 4.78 is 12.0. The van der Waals surface area contributed by atoms with E-state index in [1.54, 1.807) is 7.11 Å². The molecule has 1 aromatic carbocycles. The van der Waals surface area contributed by atoms with Crippen LogP contribution in [0.2, 0.25) is 0 Å². The highest BCUT2D eigenvalue weighted by atomic mass is 79.9. The van der Waals surface area contributed by atoms with Crippen LogP contribution in [0.25, 0.3) is 0 Å². The van der Waals surface area contributed by atoms with Gasteiger partial charge in [0.2, 0.25) is 0 Å². The molecule has 100 valence electrons. The number of rotatable bonds is 5. The Morgan fingerprint density at radius 2 is 2.22 bits per heavy atom. The number of benzene rings is 1. The Morgan fingerprint density at radius 1 is 1.39 bits per heavy atom. The van der Waals surface area contributed by atoms with Crippen molar-refractivity contribution in [3.63, 3.8) is 0 Å². The van der Waals surface area contributed by atoms with Gasteiger partial charge in [0, 0.05) is 31.2 Å². The van der Waals surface area contributed by atoms with Gasteiger partial charge < -0.3 is 9.47 Å². The lowest BCUT2D eigenvalue weighted by atomic mass is 10.2. The Morgan fingerprint density at radius 3 is 2.89 bits per heavy atom. The third-order valence-electron chi connectivity index (χ3n) is 3.21. The number of methoxy groups -OCH3 is 1. The molecule has 1 saturated heterocycles. The Labute approximate surface area is 117 Å². The smallest absolute Gasteiger partial charge is 0.120 e. The van der Waals surface area contributed by atoms with Gasteiger partial charge in [-0.25, -0.2) is 0 Å². The lowest BCUT2D eigenvalue weighted by Gasteiger charge is -2.16. The van der Waals surface area contributed by atoms with Crippen molar-refractivity contribution in [2.45, 2.75) is 26.0 Å². The van der Waals surface area contributed by atoms with Crippen LogP contribution in [0.5, 0.6) is 5.75 Å². The first-order valence-corrected chi connectivity index (χ1v) is 7.18. The summed E-state index contributed by atoms with van der Waals surface area (Å²) in [6.45, 7) is 5.79. The predicted octanol–water partition coefficient (Wildman–Crippen LogP) is 3.07. The minimum absolute atomic E-state index is 0.392. The first-order valence-electron chi connectivity index (χ1n) is 6.38. The third-order valence-corrected chi connectivity index (χ3v) is 3.67. The number of hydrogen-bond donors (Lipinski definition) is 0. The fourth-order valence-electron chi connectivity index (χ4n) is 2.35. The molecule has 1 atom stereocenters. The third kappa shape index (κ3) is 3.70. The molecule has 0 amide bonds. The minimum Gasteiger partial charge on any atom is -0.494 e. The maximum absolute atomic E-state index is 5.56. The highest BCUT2D eigenvalue weighted by Gasteiger charge is 2.21. The van der Waals surface area contributed by atoms with Gasteiger partial charge in [-0.3, -0.25) is 4.90 Å². The van der Waals surface area contributed by atoms with E-state index in [4.69, 9.17) is 9.47 Å². The molecule has 0 bridgehead atoms. The van der Waals surface area contributed by atoms with Crippen molar-refractivity contribution < 1.29 is 9.47 Å². The summed E-state index contributed by atoms with van der Waals surface area (Å²) >= 11 is 3.53. The highest BCUT2D eigenvalue weighted by molar-refractivity contribution is 9.10. The standard InChI is InChI=1S/C14H20BrNO2/c1-3-18-14-7-11(6-12(15)8-14)9-16-5-4-13(10-16)17-2/h6-8,13H,3-5,9-10H2,1-2H3. The fraction of sp³-hybridized carbons (Fsp3) is 0.571. The molecule has 1 heterocycles. The van der Waals surface area contributed by atoms with Gasteiger partial charge in [-0.15, -0.1) is 0 Å². The van der Waals surface area contributed by atoms with Crippen molar-refractivity contribution in [3.05, 3.63) is 28.2 Å². The summed E-state index contributed by atoms with van der Waals surface area (Å²) in [5, 5.41) is 0. The molecular formula is C14H20BrNO2. The lowest BCUT2D eigenvalue weighted by Crippen LogP contribution is -2.22. The summed E-state index contributed by atoms with van der Waals surface area (Å²) in [5.41, 5.74) is 1.28. The van der Waals surface area contributed by atoms with Crippen LogP contribution in [-0.4, -0.2) is 37.8 Å². The van der Waals surface area contributed by atoms with Gasteiger partial charge in [-0.05, 0) is 37.1 Å². The van der Waals surface area contributed by atoms with E-state index < -0.39 is 0 Å². The molecule has 1 unspecified atom stereocenters. The van der Waals surface area contributed by atoms with Crippen molar-refractivity contribution in [2.75, 3.05) is 26.8 Å². The van der Waals surface area contributed by atoms with Gasteiger partial charge in [-0.2, -0.15) is 0 Å². The van der Waals surface area contributed by atoms with Crippen molar-refractivity contribution in [3.8, 4) is 5.75 Å². The molecule has 0 N–H and O–H groups in total. The molecule has 0 aliphatic carbocycles. The average Bonchev–Trinajstić information content (AvgIpc) is 2.76. The van der Waals surface area contributed by atoms with Crippen LogP contribution >= 0.6 is 15.9 Å². The van der Waals surface area contributed by atoms with Crippen LogP contribution in [0.4, 0.5) is 0 Å². The maximum Gasteiger partial charge on any atom is 0.120 e. The van der Waals surface area contributed by atoms with E-state index in [2.05, 4.69) is 33.0 Å². The van der Waals surface area contributed by atoms with E-state index in [9.17, 15) is 0 Å². The summed E-state index contributed by atoms with van der Waals surface area (Å²) in [4.78, 5) is 2.42. The first kappa shape index (κ1) is 13.8. The lowest BCUT2D eigenvalue weighted by molar-refractivity contribution is 0.107. The van der Waals surface area contributed by atoms with E-state index in [0.29, 0.717) is 12.7 Å². The van der Waals surface area contributed by atoms with Crippen LogP contribution in [0.15, 0.2) is 22.7 Å². The largest absolute Gasteiger partial charge is 0.494 e. The topological polar surface area (TPSA) is 21.7 Å². The molecule has 1 aliphatic rings. The average molecular weight is 314 g/mol. The Hall–Kier alpha value is -0.580. The van der Waals surface area contributed by atoms with Crippen LogP contribution in [0.3, 0.4) is 0 Å². The van der Waals surface area contributed by atoms with Crippen LogP contribution in [0.1, 0.15) is 18.9 Å². The monoisotopic (exact) mass is 313 g/mol. The summed E-state index contributed by atoms with van der Waals surface area (Å²) in [5.74, 6) is 0.935. The van der Waals surface area contributed by atoms with Gasteiger partial charge in [-0.1, -0.05) is 15.9 Å². The zero-order valence-corrected chi connectivity index (χ0v) is 12.6. The highest BCUT2D eigenvalue weighted by Crippen LogP contribution is 2.24. The van der Waals surface area contributed by atoms with Crippen molar-refractivity contribution in [1.29, 1.82) is 0 Å². The molecule has 18 heavy (non-hydrogen) atoms. The Kier molecular flexibility index (Phi) is 5.03. The minimum atomic E-state index is 0.392. The van der Waals surface area contributed by atoms with Gasteiger partial charge in [0.1, 0.15) is 5.75 Å². The van der Waals surface area contributed by atoms with E-state index in [-0.39, 0.29) is 0 Å². The molecule has 1 fully saturated rings. The van der Waals surface area contributed by atoms with Crippen molar-refractivity contribution in [2.24, 2.45) is 0 Å². The molecule has 0 aromatic heterocycles. The van der Waals surface area contributed by atoms with E-state index in [0.717, 1.165) is 36.3 Å². The zero-order valence-electron chi connectivity index (χ0n) is 11.0. The van der Waals surface area contributed by atoms with Crippen LogP contribution in [0, 0.1) is 0 Å². The quantitative estimate of drug-likeness (QED) is 0.834. The predicted molar refractivity (Wildman–Crippen MR) is 76.0 cm³/mol. The normalized spacial score (nSPS) is 20.3. The number of ether oxygens (including phenoxy) is 2. The van der Waals surface area contributed by atoms with Crippen molar-refractivity contribution in [1.82, 2.24) is 4.90 Å². The van der Waals surface area contributed by atoms with Gasteiger partial charge >= 0.3 is 0 Å². The van der Waals surface area contributed by atoms with Crippen LogP contribution in [-0.2, 0) is 11.3 Å². The van der Waals surface area contributed by atoms with E-state index >= 15 is 0 Å². The van der Waals surface area contributed by atoms with Crippen LogP contribution < -0.4 is 4.74 Å². The summed E-state index contributed by atoms with van der Waals surface area (Å²) in [7, 11) is 1.79. The molecule has 1 aromatic rings. The molecule has 1 aliphatic heterocycles. The molecule has 0 radical (unpaired) electrons. The zero-order chi connectivity index (χ0) is 13.0. The van der Waals surface area contributed by atoms with Gasteiger partial charge in [0.25, 0.3) is 0 Å². The molecule has 0 saturated carbocycles. The molecule has 0 spiro atoms. The molecule has 3 nitrogen and oxygen atoms in total. The van der Waals surface area contributed by atoms with E-state index in [1.807, 2.05) is 13.0 Å². The summed E-state index contributed by atoms with van der Waals surface area (Å²) in [6.07, 6.45) is 1.52. The Balaban J connectivity index is 2.00. The number of likely N-dealkylation sites (tertiary alicyclic amines) is 1. The SMILES string of the molecule is CCOc1cc(Br)cc(CN2CCC(OC)C2)c1. The molecular weight excluding hydrogens is 294 g/mol. The number of halogens is 1. The molecule has 2 rings (SSSR count). The maximum atomic E-state index is 5.56. The molecule has 4 heteroatoms.